The number of hydrogen-bond donors (Lipinski definition) is 11. The first-order valence-corrected chi connectivity index (χ1v) is 10.7. The lowest BCUT2D eigenvalue weighted by molar-refractivity contribution is -0.387. The SMILES string of the molecule is NCC1O[C@H](OCC2O[C@@H](O[C@]3(CO)O[C@H](CN)C(O)C3O)C(O)C(O)[C@@H]2O)C(O)C(O)[C@@H]1O. The van der Waals surface area contributed by atoms with Gasteiger partial charge in [-0.25, -0.2) is 0 Å². The molecule has 3 heterocycles. The molecule has 3 saturated heterocycles. The van der Waals surface area contributed by atoms with Crippen LogP contribution in [0.2, 0.25) is 0 Å². The first kappa shape index (κ1) is 27.9. The van der Waals surface area contributed by atoms with E-state index >= 15 is 0 Å². The summed E-state index contributed by atoms with van der Waals surface area (Å²) in [7, 11) is 0. The van der Waals surface area contributed by atoms with Crippen LogP contribution in [0.25, 0.3) is 0 Å². The molecule has 16 heteroatoms. The molecular formula is C18H34N2O14. The number of rotatable bonds is 8. The van der Waals surface area contributed by atoms with E-state index in [1.165, 1.54) is 0 Å². The molecule has 3 aliphatic heterocycles. The Morgan fingerprint density at radius 1 is 0.647 bits per heavy atom. The third kappa shape index (κ3) is 5.09. The maximum atomic E-state index is 10.3. The van der Waals surface area contributed by atoms with E-state index in [2.05, 4.69) is 0 Å². The summed E-state index contributed by atoms with van der Waals surface area (Å²) in [5.74, 6) is -2.26. The highest BCUT2D eigenvalue weighted by Gasteiger charge is 2.58. The first-order chi connectivity index (χ1) is 16.0. The van der Waals surface area contributed by atoms with Crippen molar-refractivity contribution < 1.29 is 69.6 Å². The third-order valence-electron chi connectivity index (χ3n) is 6.27. The van der Waals surface area contributed by atoms with E-state index in [4.69, 9.17) is 35.2 Å². The van der Waals surface area contributed by atoms with Gasteiger partial charge >= 0.3 is 0 Å². The highest BCUT2D eigenvalue weighted by molar-refractivity contribution is 4.99. The molecule has 8 unspecified atom stereocenters. The Balaban J connectivity index is 1.69. The summed E-state index contributed by atoms with van der Waals surface area (Å²) in [4.78, 5) is 0. The summed E-state index contributed by atoms with van der Waals surface area (Å²) in [5, 5.41) is 90.9. The van der Waals surface area contributed by atoms with E-state index < -0.39 is 98.7 Å². The highest BCUT2D eigenvalue weighted by atomic mass is 16.8. The molecule has 0 aromatic carbocycles. The predicted molar refractivity (Wildman–Crippen MR) is 105 cm³/mol. The highest BCUT2D eigenvalue weighted by Crippen LogP contribution is 2.36. The number of hydrogen-bond acceptors (Lipinski definition) is 16. The normalized spacial score (nSPS) is 52.1. The number of nitrogens with two attached hydrogens (primary N) is 2. The maximum Gasteiger partial charge on any atom is 0.224 e. The molecule has 200 valence electrons. The fraction of sp³-hybridized carbons (Fsp3) is 1.00. The molecule has 0 bridgehead atoms. The topological polar surface area (TPSA) is 280 Å². The Bertz CT molecular complexity index is 662. The van der Waals surface area contributed by atoms with Gasteiger partial charge in [0, 0.05) is 13.1 Å². The maximum absolute atomic E-state index is 10.3. The molecule has 0 amide bonds. The van der Waals surface area contributed by atoms with E-state index in [-0.39, 0.29) is 13.1 Å². The largest absolute Gasteiger partial charge is 0.391 e. The van der Waals surface area contributed by atoms with Crippen LogP contribution in [0.1, 0.15) is 0 Å². The van der Waals surface area contributed by atoms with Crippen molar-refractivity contribution in [2.45, 2.75) is 85.5 Å². The molecule has 3 rings (SSSR count). The minimum atomic E-state index is -2.26. The van der Waals surface area contributed by atoms with Crippen molar-refractivity contribution >= 4 is 0 Å². The molecule has 0 aliphatic carbocycles. The summed E-state index contributed by atoms with van der Waals surface area (Å²) >= 11 is 0. The minimum absolute atomic E-state index is 0.199. The minimum Gasteiger partial charge on any atom is -0.391 e. The molecular weight excluding hydrogens is 468 g/mol. The van der Waals surface area contributed by atoms with Crippen LogP contribution in [0, 0.1) is 0 Å². The summed E-state index contributed by atoms with van der Waals surface area (Å²) in [6, 6.07) is 0. The van der Waals surface area contributed by atoms with Gasteiger partial charge < -0.3 is 81.1 Å². The molecule has 3 fully saturated rings. The van der Waals surface area contributed by atoms with Crippen molar-refractivity contribution in [3.63, 3.8) is 0 Å². The zero-order valence-electron chi connectivity index (χ0n) is 18.1. The Kier molecular flexibility index (Phi) is 9.18. The second-order valence-electron chi connectivity index (χ2n) is 8.51. The van der Waals surface area contributed by atoms with Crippen molar-refractivity contribution in [1.82, 2.24) is 0 Å². The molecule has 0 aromatic rings. The van der Waals surface area contributed by atoms with Crippen molar-refractivity contribution in [2.24, 2.45) is 11.5 Å². The van der Waals surface area contributed by atoms with Crippen molar-refractivity contribution in [3.05, 3.63) is 0 Å². The van der Waals surface area contributed by atoms with Gasteiger partial charge in [-0.15, -0.1) is 0 Å². The molecule has 16 nitrogen and oxygen atoms in total. The average Bonchev–Trinajstić information content (AvgIpc) is 3.08. The van der Waals surface area contributed by atoms with Crippen LogP contribution >= 0.6 is 0 Å². The van der Waals surface area contributed by atoms with Gasteiger partial charge in [-0.2, -0.15) is 0 Å². The van der Waals surface area contributed by atoms with Crippen molar-refractivity contribution in [1.29, 1.82) is 0 Å². The second-order valence-corrected chi connectivity index (χ2v) is 8.51. The van der Waals surface area contributed by atoms with Gasteiger partial charge in [0.25, 0.3) is 0 Å². The van der Waals surface area contributed by atoms with Gasteiger partial charge in [0.05, 0.1) is 6.61 Å². The van der Waals surface area contributed by atoms with Gasteiger partial charge in [0.2, 0.25) is 5.79 Å². The van der Waals surface area contributed by atoms with E-state index in [0.29, 0.717) is 0 Å². The molecule has 13 N–H and O–H groups in total. The number of aliphatic hydroxyl groups excluding tert-OH is 9. The number of ether oxygens (including phenoxy) is 5. The molecule has 3 aliphatic rings. The Morgan fingerprint density at radius 2 is 1.18 bits per heavy atom. The van der Waals surface area contributed by atoms with Gasteiger partial charge in [0.1, 0.15) is 73.8 Å². The monoisotopic (exact) mass is 502 g/mol. The van der Waals surface area contributed by atoms with Gasteiger partial charge in [-0.05, 0) is 0 Å². The summed E-state index contributed by atoms with van der Waals surface area (Å²) in [6.45, 7) is -1.99. The van der Waals surface area contributed by atoms with Gasteiger partial charge in [-0.1, -0.05) is 0 Å². The summed E-state index contributed by atoms with van der Waals surface area (Å²) in [6.07, 6.45) is -20.4. The van der Waals surface area contributed by atoms with Crippen LogP contribution in [0.3, 0.4) is 0 Å². The van der Waals surface area contributed by atoms with Crippen LogP contribution in [0.4, 0.5) is 0 Å². The lowest BCUT2D eigenvalue weighted by Crippen LogP contribution is -2.63. The van der Waals surface area contributed by atoms with E-state index in [1.807, 2.05) is 0 Å². The zero-order valence-corrected chi connectivity index (χ0v) is 18.1. The molecule has 0 spiro atoms. The van der Waals surface area contributed by atoms with Crippen LogP contribution in [-0.4, -0.2) is 158 Å². The molecule has 0 radical (unpaired) electrons. The summed E-state index contributed by atoms with van der Waals surface area (Å²) in [5.41, 5.74) is 10.9. The van der Waals surface area contributed by atoms with E-state index in [9.17, 15) is 46.0 Å². The number of aliphatic hydroxyl groups is 9. The first-order valence-electron chi connectivity index (χ1n) is 10.7. The van der Waals surface area contributed by atoms with E-state index in [1.54, 1.807) is 0 Å². The molecule has 0 saturated carbocycles. The summed E-state index contributed by atoms with van der Waals surface area (Å²) < 4.78 is 26.9. The lowest BCUT2D eigenvalue weighted by Gasteiger charge is -2.44. The smallest absolute Gasteiger partial charge is 0.224 e. The Labute approximate surface area is 193 Å². The predicted octanol–water partition coefficient (Wildman–Crippen LogP) is -7.64. The molecule has 34 heavy (non-hydrogen) atoms. The van der Waals surface area contributed by atoms with Crippen LogP contribution in [-0.2, 0) is 23.7 Å². The quantitative estimate of drug-likeness (QED) is 0.147. The second kappa shape index (κ2) is 11.2. The van der Waals surface area contributed by atoms with Crippen LogP contribution in [0.15, 0.2) is 0 Å². The zero-order chi connectivity index (χ0) is 25.4. The fourth-order valence-corrected chi connectivity index (χ4v) is 4.10. The van der Waals surface area contributed by atoms with Crippen LogP contribution in [0.5, 0.6) is 0 Å². The van der Waals surface area contributed by atoms with Gasteiger partial charge in [0.15, 0.2) is 12.6 Å². The van der Waals surface area contributed by atoms with Crippen LogP contribution < -0.4 is 11.5 Å². The third-order valence-corrected chi connectivity index (χ3v) is 6.27. The Hall–Kier alpha value is -0.640. The average molecular weight is 502 g/mol. The van der Waals surface area contributed by atoms with E-state index in [0.717, 1.165) is 0 Å². The molecule has 0 aromatic heterocycles. The molecule has 14 atom stereocenters. The van der Waals surface area contributed by atoms with Crippen molar-refractivity contribution in [3.8, 4) is 0 Å². The lowest BCUT2D eigenvalue weighted by atomic mass is 9.98. The fourth-order valence-electron chi connectivity index (χ4n) is 4.10. The standard InChI is InChI=1S/C18H34N2O14/c19-1-5-8(22)11(25)13(27)16(31-5)30-3-7-9(23)12(26)14(28)17(32-7)34-18(4-21)15(29)10(24)6(2-20)33-18/h5-17,21-29H,1-4,19-20H2/t5?,6-,7?,8-,9-,10?,11?,12?,13?,14?,15?,16+,17+,18+/m1/s1. The van der Waals surface area contributed by atoms with Gasteiger partial charge in [-0.3, -0.25) is 0 Å². The Morgan fingerprint density at radius 3 is 1.71 bits per heavy atom. The van der Waals surface area contributed by atoms with Crippen molar-refractivity contribution in [2.75, 3.05) is 26.3 Å².